The molecule has 1 saturated heterocycles. The zero-order valence-electron chi connectivity index (χ0n) is 12.0. The molecule has 0 spiro atoms. The van der Waals surface area contributed by atoms with Crippen LogP contribution >= 0.6 is 11.6 Å². The van der Waals surface area contributed by atoms with Crippen LogP contribution in [-0.4, -0.2) is 23.7 Å². The van der Waals surface area contributed by atoms with Crippen LogP contribution in [0.2, 0.25) is 5.02 Å². The quantitative estimate of drug-likeness (QED) is 0.851. The van der Waals surface area contributed by atoms with Gasteiger partial charge in [-0.05, 0) is 49.0 Å². The molecule has 1 aliphatic heterocycles. The van der Waals surface area contributed by atoms with E-state index in [4.69, 9.17) is 16.7 Å². The highest BCUT2D eigenvalue weighted by molar-refractivity contribution is 6.33. The van der Waals surface area contributed by atoms with E-state index in [1.54, 1.807) is 6.08 Å². The highest BCUT2D eigenvalue weighted by Gasteiger charge is 2.36. The van der Waals surface area contributed by atoms with Crippen LogP contribution in [0.5, 0.6) is 0 Å². The molecule has 0 bridgehead atoms. The zero-order chi connectivity index (χ0) is 14.8. The molecule has 2 atom stereocenters. The van der Waals surface area contributed by atoms with Crippen LogP contribution in [0, 0.1) is 5.92 Å². The molecule has 0 amide bonds. The number of rotatable bonds is 3. The summed E-state index contributed by atoms with van der Waals surface area (Å²) in [6, 6.07) is 6.46. The SMILES string of the molecule is O=C(O)/C=C/c1ccc(N2CCC3CCCCC32)c(Cl)c1. The molecule has 2 aliphatic rings. The minimum Gasteiger partial charge on any atom is -0.478 e. The summed E-state index contributed by atoms with van der Waals surface area (Å²) in [5.41, 5.74) is 1.92. The third kappa shape index (κ3) is 3.08. The number of benzene rings is 1. The molecule has 1 N–H and O–H groups in total. The van der Waals surface area contributed by atoms with Gasteiger partial charge >= 0.3 is 5.97 Å². The van der Waals surface area contributed by atoms with Gasteiger partial charge in [-0.2, -0.15) is 0 Å². The number of anilines is 1. The van der Waals surface area contributed by atoms with E-state index in [1.165, 1.54) is 32.1 Å². The standard InChI is InChI=1S/C17H20ClNO2/c18-14-11-12(6-8-17(20)21)5-7-16(14)19-10-9-13-3-1-2-4-15(13)19/h5-8,11,13,15H,1-4,9-10H2,(H,20,21)/b8-6+. The Hall–Kier alpha value is -1.48. The third-order valence-corrected chi connectivity index (χ3v) is 5.01. The summed E-state index contributed by atoms with van der Waals surface area (Å²) < 4.78 is 0. The minimum absolute atomic E-state index is 0.636. The number of carbonyl (C=O) groups is 1. The first-order valence-corrected chi connectivity index (χ1v) is 8.00. The van der Waals surface area contributed by atoms with E-state index in [1.807, 2.05) is 18.2 Å². The normalized spacial score (nSPS) is 25.3. The van der Waals surface area contributed by atoms with Crippen molar-refractivity contribution in [3.8, 4) is 0 Å². The van der Waals surface area contributed by atoms with Gasteiger partial charge in [0.25, 0.3) is 0 Å². The molecule has 2 unspecified atom stereocenters. The molecule has 1 aliphatic carbocycles. The molecule has 0 radical (unpaired) electrons. The lowest BCUT2D eigenvalue weighted by Crippen LogP contribution is -2.34. The Bertz CT molecular complexity index is 570. The number of halogens is 1. The van der Waals surface area contributed by atoms with E-state index in [2.05, 4.69) is 4.90 Å². The summed E-state index contributed by atoms with van der Waals surface area (Å²) in [6.45, 7) is 1.08. The molecule has 21 heavy (non-hydrogen) atoms. The van der Waals surface area contributed by atoms with Crippen molar-refractivity contribution in [3.05, 3.63) is 34.9 Å². The number of hydrogen-bond acceptors (Lipinski definition) is 2. The second-order valence-electron chi connectivity index (χ2n) is 5.98. The van der Waals surface area contributed by atoms with Crippen molar-refractivity contribution in [2.24, 2.45) is 5.92 Å². The Labute approximate surface area is 130 Å². The van der Waals surface area contributed by atoms with Crippen LogP contribution < -0.4 is 4.90 Å². The predicted molar refractivity (Wildman–Crippen MR) is 85.8 cm³/mol. The lowest BCUT2D eigenvalue weighted by atomic mass is 9.85. The smallest absolute Gasteiger partial charge is 0.328 e. The van der Waals surface area contributed by atoms with Gasteiger partial charge in [0.2, 0.25) is 0 Å². The molecule has 4 heteroatoms. The predicted octanol–water partition coefficient (Wildman–Crippen LogP) is 4.21. The van der Waals surface area contributed by atoms with Gasteiger partial charge in [0, 0.05) is 18.7 Å². The van der Waals surface area contributed by atoms with Gasteiger partial charge in [-0.15, -0.1) is 0 Å². The van der Waals surface area contributed by atoms with E-state index in [0.717, 1.165) is 29.8 Å². The highest BCUT2D eigenvalue weighted by atomic mass is 35.5. The number of hydrogen-bond donors (Lipinski definition) is 1. The number of carboxylic acids is 1. The fourth-order valence-electron chi connectivity index (χ4n) is 3.73. The Morgan fingerprint density at radius 3 is 2.86 bits per heavy atom. The van der Waals surface area contributed by atoms with E-state index in [0.29, 0.717) is 11.1 Å². The average molecular weight is 306 g/mol. The molecule has 1 heterocycles. The van der Waals surface area contributed by atoms with Crippen LogP contribution in [0.3, 0.4) is 0 Å². The van der Waals surface area contributed by atoms with E-state index < -0.39 is 5.97 Å². The maximum Gasteiger partial charge on any atom is 0.328 e. The molecule has 2 fully saturated rings. The van der Waals surface area contributed by atoms with Gasteiger partial charge in [0.15, 0.2) is 0 Å². The molecule has 1 saturated carbocycles. The minimum atomic E-state index is -0.945. The lowest BCUT2D eigenvalue weighted by molar-refractivity contribution is -0.131. The first-order chi connectivity index (χ1) is 10.1. The number of carboxylic acid groups (broad SMARTS) is 1. The summed E-state index contributed by atoms with van der Waals surface area (Å²) in [7, 11) is 0. The van der Waals surface area contributed by atoms with Gasteiger partial charge in [-0.25, -0.2) is 4.79 Å². The van der Waals surface area contributed by atoms with Crippen molar-refractivity contribution < 1.29 is 9.90 Å². The Morgan fingerprint density at radius 1 is 1.29 bits per heavy atom. The fraction of sp³-hybridized carbons (Fsp3) is 0.471. The van der Waals surface area contributed by atoms with Crippen molar-refractivity contribution in [2.45, 2.75) is 38.1 Å². The second kappa shape index (κ2) is 6.10. The Balaban J connectivity index is 1.81. The maximum atomic E-state index is 10.6. The van der Waals surface area contributed by atoms with Gasteiger partial charge in [-0.3, -0.25) is 0 Å². The van der Waals surface area contributed by atoms with Crippen molar-refractivity contribution >= 4 is 29.3 Å². The van der Waals surface area contributed by atoms with Crippen molar-refractivity contribution in [1.82, 2.24) is 0 Å². The first kappa shape index (κ1) is 14.5. The number of fused-ring (bicyclic) bond motifs is 1. The van der Waals surface area contributed by atoms with Crippen LogP contribution in [0.15, 0.2) is 24.3 Å². The molecule has 3 nitrogen and oxygen atoms in total. The van der Waals surface area contributed by atoms with Crippen LogP contribution in [-0.2, 0) is 4.79 Å². The molecular weight excluding hydrogens is 286 g/mol. The number of nitrogens with zero attached hydrogens (tertiary/aromatic N) is 1. The topological polar surface area (TPSA) is 40.5 Å². The van der Waals surface area contributed by atoms with E-state index in [9.17, 15) is 4.79 Å². The first-order valence-electron chi connectivity index (χ1n) is 7.62. The summed E-state index contributed by atoms with van der Waals surface area (Å²) in [5.74, 6) is -0.124. The average Bonchev–Trinajstić information content (AvgIpc) is 2.89. The largest absolute Gasteiger partial charge is 0.478 e. The van der Waals surface area contributed by atoms with Gasteiger partial charge < -0.3 is 10.0 Å². The Kier molecular flexibility index (Phi) is 4.20. The molecule has 1 aromatic carbocycles. The zero-order valence-corrected chi connectivity index (χ0v) is 12.7. The third-order valence-electron chi connectivity index (χ3n) is 4.71. The van der Waals surface area contributed by atoms with Crippen LogP contribution in [0.25, 0.3) is 6.08 Å². The maximum absolute atomic E-state index is 10.6. The number of aliphatic carboxylic acids is 1. The van der Waals surface area contributed by atoms with Crippen molar-refractivity contribution in [2.75, 3.05) is 11.4 Å². The highest BCUT2D eigenvalue weighted by Crippen LogP contribution is 2.41. The van der Waals surface area contributed by atoms with Crippen LogP contribution in [0.1, 0.15) is 37.7 Å². The molecule has 3 rings (SSSR count). The van der Waals surface area contributed by atoms with Crippen molar-refractivity contribution in [3.63, 3.8) is 0 Å². The van der Waals surface area contributed by atoms with Gasteiger partial charge in [-0.1, -0.05) is 30.5 Å². The second-order valence-corrected chi connectivity index (χ2v) is 6.38. The lowest BCUT2D eigenvalue weighted by Gasteiger charge is -2.33. The summed E-state index contributed by atoms with van der Waals surface area (Å²) in [6.07, 6.45) is 9.27. The van der Waals surface area contributed by atoms with E-state index >= 15 is 0 Å². The molecule has 112 valence electrons. The van der Waals surface area contributed by atoms with Gasteiger partial charge in [0.1, 0.15) is 0 Å². The van der Waals surface area contributed by atoms with Crippen LogP contribution in [0.4, 0.5) is 5.69 Å². The summed E-state index contributed by atoms with van der Waals surface area (Å²) in [5, 5.41) is 9.39. The van der Waals surface area contributed by atoms with Gasteiger partial charge in [0.05, 0.1) is 10.7 Å². The molecular formula is C17H20ClNO2. The molecule has 1 aromatic rings. The summed E-state index contributed by atoms with van der Waals surface area (Å²) >= 11 is 6.43. The molecule has 0 aromatic heterocycles. The monoisotopic (exact) mass is 305 g/mol. The fourth-order valence-corrected chi connectivity index (χ4v) is 4.03. The Morgan fingerprint density at radius 2 is 2.10 bits per heavy atom. The summed E-state index contributed by atoms with van der Waals surface area (Å²) in [4.78, 5) is 13.0. The van der Waals surface area contributed by atoms with Crippen molar-refractivity contribution in [1.29, 1.82) is 0 Å². The van der Waals surface area contributed by atoms with E-state index in [-0.39, 0.29) is 0 Å².